The van der Waals surface area contributed by atoms with Gasteiger partial charge in [0.2, 0.25) is 0 Å². The average molecular weight is 309 g/mol. The van der Waals surface area contributed by atoms with Crippen LogP contribution in [0.5, 0.6) is 0 Å². The van der Waals surface area contributed by atoms with E-state index in [9.17, 15) is 4.39 Å². The van der Waals surface area contributed by atoms with Gasteiger partial charge in [-0.2, -0.15) is 0 Å². The zero-order valence-electron chi connectivity index (χ0n) is 9.01. The Morgan fingerprint density at radius 3 is 2.38 bits per heavy atom. The monoisotopic (exact) mass is 307 g/mol. The summed E-state index contributed by atoms with van der Waals surface area (Å²) >= 11 is 3.16. The Hall–Kier alpha value is -0.120. The van der Waals surface area contributed by atoms with Crippen LogP contribution in [0.15, 0.2) is 22.7 Å². The predicted molar refractivity (Wildman–Crippen MR) is 70.3 cm³/mol. The molecule has 2 N–H and O–H groups in total. The van der Waals surface area contributed by atoms with Gasteiger partial charge in [-0.15, -0.1) is 12.4 Å². The number of rotatable bonds is 1. The van der Waals surface area contributed by atoms with Gasteiger partial charge >= 0.3 is 0 Å². The maximum atomic E-state index is 13.4. The Kier molecular flexibility index (Phi) is 4.77. The number of benzene rings is 1. The summed E-state index contributed by atoms with van der Waals surface area (Å²) in [5.41, 5.74) is 6.94. The van der Waals surface area contributed by atoms with E-state index in [1.807, 2.05) is 6.07 Å². The highest BCUT2D eigenvalue weighted by Gasteiger charge is 2.29. The van der Waals surface area contributed by atoms with E-state index in [4.69, 9.17) is 5.73 Å². The minimum atomic E-state index is -0.306. The predicted octanol–water partition coefficient (Wildman–Crippen LogP) is 4.13. The second-order valence-electron chi connectivity index (χ2n) is 4.35. The third kappa shape index (κ3) is 2.76. The van der Waals surface area contributed by atoms with Crippen molar-refractivity contribution in [3.8, 4) is 0 Å². The molecule has 0 unspecified atom stereocenters. The van der Waals surface area contributed by atoms with Crippen LogP contribution in [-0.2, 0) is 5.54 Å². The van der Waals surface area contributed by atoms with Crippen LogP contribution in [0.3, 0.4) is 0 Å². The standard InChI is InChI=1S/C12H15BrFN.ClH/c13-10-5-4-9(8-11(10)14)12(15)6-2-1-3-7-12;/h4-5,8H,1-3,6-7,15H2;1H. The SMILES string of the molecule is Cl.NC1(c2ccc(Br)c(F)c2)CCCCC1. The van der Waals surface area contributed by atoms with Crippen molar-refractivity contribution in [3.05, 3.63) is 34.1 Å². The van der Waals surface area contributed by atoms with Crippen LogP contribution < -0.4 is 5.73 Å². The molecule has 0 atom stereocenters. The van der Waals surface area contributed by atoms with Crippen LogP contribution >= 0.6 is 28.3 Å². The zero-order valence-corrected chi connectivity index (χ0v) is 11.4. The number of halogens is 3. The zero-order chi connectivity index (χ0) is 10.9. The molecule has 0 saturated heterocycles. The molecule has 0 heterocycles. The van der Waals surface area contributed by atoms with E-state index in [1.165, 1.54) is 6.42 Å². The van der Waals surface area contributed by atoms with Gasteiger partial charge in [0.25, 0.3) is 0 Å². The lowest BCUT2D eigenvalue weighted by Crippen LogP contribution is -2.38. The first-order chi connectivity index (χ1) is 7.12. The average Bonchev–Trinajstić information content (AvgIpc) is 2.23. The van der Waals surface area contributed by atoms with Crippen molar-refractivity contribution in [1.82, 2.24) is 0 Å². The normalized spacial score (nSPS) is 18.9. The maximum Gasteiger partial charge on any atom is 0.137 e. The van der Waals surface area contributed by atoms with Gasteiger partial charge in [0.05, 0.1) is 4.47 Å². The summed E-state index contributed by atoms with van der Waals surface area (Å²) in [6.07, 6.45) is 5.47. The maximum absolute atomic E-state index is 13.4. The fourth-order valence-corrected chi connectivity index (χ4v) is 2.52. The van der Waals surface area contributed by atoms with Crippen molar-refractivity contribution in [2.75, 3.05) is 0 Å². The van der Waals surface area contributed by atoms with Crippen molar-refractivity contribution in [3.63, 3.8) is 0 Å². The molecular weight excluding hydrogens is 292 g/mol. The van der Waals surface area contributed by atoms with Crippen LogP contribution in [0.25, 0.3) is 0 Å². The second kappa shape index (κ2) is 5.48. The topological polar surface area (TPSA) is 26.0 Å². The molecule has 0 bridgehead atoms. The molecule has 2 rings (SSSR count). The van der Waals surface area contributed by atoms with E-state index >= 15 is 0 Å². The minimum absolute atomic E-state index is 0. The van der Waals surface area contributed by atoms with Gasteiger partial charge < -0.3 is 5.73 Å². The van der Waals surface area contributed by atoms with Gasteiger partial charge in [0.15, 0.2) is 0 Å². The van der Waals surface area contributed by atoms with Gasteiger partial charge in [0.1, 0.15) is 5.82 Å². The van der Waals surface area contributed by atoms with Crippen LogP contribution in [0.4, 0.5) is 4.39 Å². The third-order valence-corrected chi connectivity index (χ3v) is 3.88. The molecule has 90 valence electrons. The van der Waals surface area contributed by atoms with Crippen LogP contribution in [0, 0.1) is 5.82 Å². The lowest BCUT2D eigenvalue weighted by Gasteiger charge is -2.34. The highest BCUT2D eigenvalue weighted by molar-refractivity contribution is 9.10. The van der Waals surface area contributed by atoms with Gasteiger partial charge in [-0.1, -0.05) is 25.3 Å². The first kappa shape index (κ1) is 13.9. The molecular formula is C12H16BrClFN. The second-order valence-corrected chi connectivity index (χ2v) is 5.20. The van der Waals surface area contributed by atoms with Crippen LogP contribution in [0.1, 0.15) is 37.7 Å². The molecule has 1 aromatic rings. The molecule has 0 radical (unpaired) electrons. The number of hydrogen-bond donors (Lipinski definition) is 1. The fourth-order valence-electron chi connectivity index (χ4n) is 2.28. The quantitative estimate of drug-likeness (QED) is 0.829. The van der Waals surface area contributed by atoms with Gasteiger partial charge in [-0.05, 0) is 46.5 Å². The Bertz CT molecular complexity index is 364. The number of hydrogen-bond acceptors (Lipinski definition) is 1. The molecule has 16 heavy (non-hydrogen) atoms. The van der Waals surface area contributed by atoms with Crippen LogP contribution in [0.2, 0.25) is 0 Å². The first-order valence-corrected chi connectivity index (χ1v) is 6.15. The minimum Gasteiger partial charge on any atom is -0.321 e. The molecule has 1 nitrogen and oxygen atoms in total. The largest absolute Gasteiger partial charge is 0.321 e. The number of nitrogens with two attached hydrogens (primary N) is 1. The Balaban J connectivity index is 0.00000128. The van der Waals surface area contributed by atoms with Crippen LogP contribution in [-0.4, -0.2) is 0 Å². The molecule has 1 fully saturated rings. The molecule has 1 saturated carbocycles. The van der Waals surface area contributed by atoms with E-state index in [1.54, 1.807) is 12.1 Å². The summed E-state index contributed by atoms with van der Waals surface area (Å²) in [6, 6.07) is 5.24. The highest BCUT2D eigenvalue weighted by Crippen LogP contribution is 2.35. The van der Waals surface area contributed by atoms with Crippen molar-refractivity contribution >= 4 is 28.3 Å². The van der Waals surface area contributed by atoms with E-state index in [-0.39, 0.29) is 23.8 Å². The Labute approximate surface area is 110 Å². The molecule has 1 aromatic carbocycles. The summed E-state index contributed by atoms with van der Waals surface area (Å²) < 4.78 is 13.9. The summed E-state index contributed by atoms with van der Waals surface area (Å²) in [4.78, 5) is 0. The summed E-state index contributed by atoms with van der Waals surface area (Å²) in [5.74, 6) is -0.220. The van der Waals surface area contributed by atoms with E-state index < -0.39 is 0 Å². The van der Waals surface area contributed by atoms with Gasteiger partial charge in [-0.3, -0.25) is 0 Å². The third-order valence-electron chi connectivity index (χ3n) is 3.24. The van der Waals surface area contributed by atoms with Gasteiger partial charge in [0, 0.05) is 5.54 Å². The summed E-state index contributed by atoms with van der Waals surface area (Å²) in [5, 5.41) is 0. The lowest BCUT2D eigenvalue weighted by molar-refractivity contribution is 0.301. The van der Waals surface area contributed by atoms with E-state index in [2.05, 4.69) is 15.9 Å². The van der Waals surface area contributed by atoms with Crippen molar-refractivity contribution < 1.29 is 4.39 Å². The van der Waals surface area contributed by atoms with E-state index in [0.29, 0.717) is 4.47 Å². The summed E-state index contributed by atoms with van der Waals surface area (Å²) in [7, 11) is 0. The molecule has 1 aliphatic rings. The lowest BCUT2D eigenvalue weighted by atomic mass is 9.77. The fraction of sp³-hybridized carbons (Fsp3) is 0.500. The molecule has 0 spiro atoms. The Morgan fingerprint density at radius 2 is 1.81 bits per heavy atom. The highest BCUT2D eigenvalue weighted by atomic mass is 79.9. The first-order valence-electron chi connectivity index (χ1n) is 5.36. The molecule has 0 aliphatic heterocycles. The van der Waals surface area contributed by atoms with Crippen molar-refractivity contribution in [1.29, 1.82) is 0 Å². The molecule has 1 aliphatic carbocycles. The van der Waals surface area contributed by atoms with Crippen molar-refractivity contribution in [2.24, 2.45) is 5.73 Å². The molecule has 0 amide bonds. The smallest absolute Gasteiger partial charge is 0.137 e. The Morgan fingerprint density at radius 1 is 1.19 bits per heavy atom. The van der Waals surface area contributed by atoms with Gasteiger partial charge in [-0.25, -0.2) is 4.39 Å². The van der Waals surface area contributed by atoms with E-state index in [0.717, 1.165) is 31.2 Å². The van der Waals surface area contributed by atoms with Crippen molar-refractivity contribution in [2.45, 2.75) is 37.6 Å². The molecule has 0 aromatic heterocycles. The molecule has 4 heteroatoms. The summed E-state index contributed by atoms with van der Waals surface area (Å²) in [6.45, 7) is 0.